The van der Waals surface area contributed by atoms with Crippen LogP contribution in [-0.2, 0) is 0 Å². The van der Waals surface area contributed by atoms with E-state index in [1.54, 1.807) is 19.2 Å². The minimum atomic E-state index is -0.557. The smallest absolute Gasteiger partial charge is 0.145 e. The third-order valence-electron chi connectivity index (χ3n) is 2.95. The van der Waals surface area contributed by atoms with Gasteiger partial charge in [-0.3, -0.25) is 4.98 Å². The van der Waals surface area contributed by atoms with Crippen LogP contribution in [0, 0.1) is 0 Å². The number of pyridine rings is 1. The van der Waals surface area contributed by atoms with E-state index >= 15 is 0 Å². The van der Waals surface area contributed by atoms with Crippen molar-refractivity contribution < 1.29 is 9.84 Å². The Labute approximate surface area is 113 Å². The minimum absolute atomic E-state index is 0.472. The molecule has 0 radical (unpaired) electrons. The fourth-order valence-corrected chi connectivity index (χ4v) is 1.77. The van der Waals surface area contributed by atoms with Crippen molar-refractivity contribution in [2.45, 2.75) is 32.8 Å². The normalized spacial score (nSPS) is 12.5. The summed E-state index contributed by atoms with van der Waals surface area (Å²) in [4.78, 5) is 4.16. The van der Waals surface area contributed by atoms with Gasteiger partial charge in [-0.15, -0.1) is 0 Å². The maximum atomic E-state index is 9.40. The number of aliphatic hydroxyl groups is 1. The third-order valence-corrected chi connectivity index (χ3v) is 2.95. The molecule has 0 amide bonds. The van der Waals surface area contributed by atoms with Gasteiger partial charge in [-0.25, -0.2) is 0 Å². The molecule has 100 valence electrons. The minimum Gasteiger partial charge on any atom is -0.456 e. The van der Waals surface area contributed by atoms with Crippen LogP contribution in [-0.4, -0.2) is 10.1 Å². The predicted octanol–water partition coefficient (Wildman–Crippen LogP) is 4.05. The summed E-state index contributed by atoms with van der Waals surface area (Å²) in [5, 5.41) is 9.40. The Balaban J connectivity index is 2.14. The molecule has 0 aliphatic heterocycles. The van der Waals surface area contributed by atoms with Crippen LogP contribution >= 0.6 is 0 Å². The van der Waals surface area contributed by atoms with E-state index in [1.165, 1.54) is 5.56 Å². The van der Waals surface area contributed by atoms with E-state index in [4.69, 9.17) is 4.74 Å². The number of ether oxygens (including phenoxy) is 1. The van der Waals surface area contributed by atoms with E-state index in [-0.39, 0.29) is 0 Å². The molecule has 1 N–H and O–H groups in total. The average Bonchev–Trinajstić information content (AvgIpc) is 2.39. The average molecular weight is 257 g/mol. The first-order chi connectivity index (χ1) is 9.06. The van der Waals surface area contributed by atoms with Crippen LogP contribution < -0.4 is 4.74 Å². The molecule has 0 saturated carbocycles. The molecule has 3 nitrogen and oxygen atoms in total. The Morgan fingerprint density at radius 2 is 1.84 bits per heavy atom. The zero-order valence-electron chi connectivity index (χ0n) is 11.5. The topological polar surface area (TPSA) is 42.4 Å². The Morgan fingerprint density at radius 1 is 1.05 bits per heavy atom. The molecule has 0 unspecified atom stereocenters. The van der Waals surface area contributed by atoms with Crippen molar-refractivity contribution in [3.63, 3.8) is 0 Å². The van der Waals surface area contributed by atoms with Crippen molar-refractivity contribution in [3.8, 4) is 11.5 Å². The second-order valence-electron chi connectivity index (χ2n) is 4.92. The SMILES string of the molecule is CC(C)c1cccc(Oc2ccc([C@@H](C)O)nc2)c1. The third kappa shape index (κ3) is 3.55. The van der Waals surface area contributed by atoms with Gasteiger partial charge in [0, 0.05) is 0 Å². The molecule has 0 aliphatic carbocycles. The van der Waals surface area contributed by atoms with Gasteiger partial charge >= 0.3 is 0 Å². The number of nitrogens with zero attached hydrogens (tertiary/aromatic N) is 1. The molecular formula is C16H19NO2. The van der Waals surface area contributed by atoms with Gasteiger partial charge in [-0.05, 0) is 42.7 Å². The van der Waals surface area contributed by atoms with Crippen molar-refractivity contribution in [1.29, 1.82) is 0 Å². The highest BCUT2D eigenvalue weighted by Crippen LogP contribution is 2.25. The van der Waals surface area contributed by atoms with E-state index in [9.17, 15) is 5.11 Å². The van der Waals surface area contributed by atoms with Crippen LogP contribution in [0.25, 0.3) is 0 Å². The quantitative estimate of drug-likeness (QED) is 0.898. The lowest BCUT2D eigenvalue weighted by atomic mass is 10.0. The fourth-order valence-electron chi connectivity index (χ4n) is 1.77. The monoisotopic (exact) mass is 257 g/mol. The number of aromatic nitrogens is 1. The summed E-state index contributed by atoms with van der Waals surface area (Å²) < 4.78 is 5.76. The van der Waals surface area contributed by atoms with Crippen LogP contribution in [0.3, 0.4) is 0 Å². The van der Waals surface area contributed by atoms with E-state index in [2.05, 4.69) is 24.9 Å². The maximum Gasteiger partial charge on any atom is 0.145 e. The zero-order chi connectivity index (χ0) is 13.8. The van der Waals surface area contributed by atoms with E-state index in [0.29, 0.717) is 17.4 Å². The van der Waals surface area contributed by atoms with Crippen molar-refractivity contribution >= 4 is 0 Å². The van der Waals surface area contributed by atoms with Gasteiger partial charge in [-0.2, -0.15) is 0 Å². The molecule has 19 heavy (non-hydrogen) atoms. The van der Waals surface area contributed by atoms with Crippen LogP contribution in [0.4, 0.5) is 0 Å². The van der Waals surface area contributed by atoms with Crippen LogP contribution in [0.15, 0.2) is 42.6 Å². The van der Waals surface area contributed by atoms with Gasteiger partial charge in [0.05, 0.1) is 18.0 Å². The van der Waals surface area contributed by atoms with E-state index in [0.717, 1.165) is 5.75 Å². The van der Waals surface area contributed by atoms with Gasteiger partial charge in [0.25, 0.3) is 0 Å². The van der Waals surface area contributed by atoms with Crippen molar-refractivity contribution in [2.24, 2.45) is 0 Å². The molecule has 1 aromatic heterocycles. The summed E-state index contributed by atoms with van der Waals surface area (Å²) in [6, 6.07) is 11.6. The first-order valence-corrected chi connectivity index (χ1v) is 6.48. The Hall–Kier alpha value is -1.87. The molecule has 0 bridgehead atoms. The summed E-state index contributed by atoms with van der Waals surface area (Å²) in [6.07, 6.45) is 1.07. The summed E-state index contributed by atoms with van der Waals surface area (Å²) in [7, 11) is 0. The molecule has 1 atom stereocenters. The first-order valence-electron chi connectivity index (χ1n) is 6.48. The number of aliphatic hydroxyl groups excluding tert-OH is 1. The molecule has 0 spiro atoms. The Kier molecular flexibility index (Phi) is 4.17. The van der Waals surface area contributed by atoms with Gasteiger partial charge in [0.15, 0.2) is 0 Å². The summed E-state index contributed by atoms with van der Waals surface area (Å²) >= 11 is 0. The highest BCUT2D eigenvalue weighted by atomic mass is 16.5. The van der Waals surface area contributed by atoms with E-state index < -0.39 is 6.10 Å². The molecule has 2 rings (SSSR count). The number of benzene rings is 1. The van der Waals surface area contributed by atoms with Gasteiger partial charge < -0.3 is 9.84 Å². The van der Waals surface area contributed by atoms with Gasteiger partial charge in [0.2, 0.25) is 0 Å². The number of hydrogen-bond acceptors (Lipinski definition) is 3. The predicted molar refractivity (Wildman–Crippen MR) is 75.5 cm³/mol. The lowest BCUT2D eigenvalue weighted by Crippen LogP contribution is -1.95. The summed E-state index contributed by atoms with van der Waals surface area (Å²) in [6.45, 7) is 5.99. The maximum absolute atomic E-state index is 9.40. The molecule has 2 aromatic rings. The Morgan fingerprint density at radius 3 is 2.42 bits per heavy atom. The molecule has 0 fully saturated rings. The molecular weight excluding hydrogens is 238 g/mol. The summed E-state index contributed by atoms with van der Waals surface area (Å²) in [5.74, 6) is 1.95. The number of rotatable bonds is 4. The fraction of sp³-hybridized carbons (Fsp3) is 0.312. The molecule has 1 heterocycles. The highest BCUT2D eigenvalue weighted by molar-refractivity contribution is 5.34. The van der Waals surface area contributed by atoms with Gasteiger partial charge in [-0.1, -0.05) is 26.0 Å². The van der Waals surface area contributed by atoms with Crippen LogP contribution in [0.5, 0.6) is 11.5 Å². The molecule has 1 aromatic carbocycles. The van der Waals surface area contributed by atoms with Crippen molar-refractivity contribution in [1.82, 2.24) is 4.98 Å². The molecule has 0 saturated heterocycles. The molecule has 3 heteroatoms. The van der Waals surface area contributed by atoms with Crippen LogP contribution in [0.1, 0.15) is 44.1 Å². The number of hydrogen-bond donors (Lipinski definition) is 1. The van der Waals surface area contributed by atoms with Crippen molar-refractivity contribution in [3.05, 3.63) is 53.9 Å². The second kappa shape index (κ2) is 5.85. The largest absolute Gasteiger partial charge is 0.456 e. The van der Waals surface area contributed by atoms with Gasteiger partial charge in [0.1, 0.15) is 11.5 Å². The van der Waals surface area contributed by atoms with Crippen molar-refractivity contribution in [2.75, 3.05) is 0 Å². The van der Waals surface area contributed by atoms with E-state index in [1.807, 2.05) is 24.3 Å². The Bertz CT molecular complexity index is 533. The zero-order valence-corrected chi connectivity index (χ0v) is 11.5. The highest BCUT2D eigenvalue weighted by Gasteiger charge is 2.05. The standard InChI is InChI=1S/C16H19NO2/c1-11(2)13-5-4-6-14(9-13)19-15-7-8-16(12(3)18)17-10-15/h4-12,18H,1-3H3/t12-/m1/s1. The lowest BCUT2D eigenvalue weighted by Gasteiger charge is -2.10. The molecule has 0 aliphatic rings. The second-order valence-corrected chi connectivity index (χ2v) is 4.92. The first kappa shape index (κ1) is 13.6. The van der Waals surface area contributed by atoms with Crippen LogP contribution in [0.2, 0.25) is 0 Å². The lowest BCUT2D eigenvalue weighted by molar-refractivity contribution is 0.194. The summed E-state index contributed by atoms with van der Waals surface area (Å²) in [5.41, 5.74) is 1.88.